The van der Waals surface area contributed by atoms with E-state index in [4.69, 9.17) is 4.74 Å². The highest BCUT2D eigenvalue weighted by Gasteiger charge is 2.29. The van der Waals surface area contributed by atoms with E-state index in [0.717, 1.165) is 18.8 Å². The summed E-state index contributed by atoms with van der Waals surface area (Å²) < 4.78 is 5.39. The van der Waals surface area contributed by atoms with Crippen LogP contribution in [-0.2, 0) is 0 Å². The molecule has 1 aromatic carbocycles. The van der Waals surface area contributed by atoms with Crippen molar-refractivity contribution in [1.29, 1.82) is 0 Å². The van der Waals surface area contributed by atoms with Crippen LogP contribution in [0.5, 0.6) is 5.75 Å². The molecule has 1 saturated heterocycles. The molecule has 21 heavy (non-hydrogen) atoms. The smallest absolute Gasteiger partial charge is 0.121 e. The number of ether oxygens (including phenoxy) is 1. The van der Waals surface area contributed by atoms with Crippen molar-refractivity contribution in [2.24, 2.45) is 5.92 Å². The quantitative estimate of drug-likeness (QED) is 0.896. The number of aryl methyl sites for hydroxylation is 1. The third kappa shape index (κ3) is 3.52. The lowest BCUT2D eigenvalue weighted by atomic mass is 9.94. The van der Waals surface area contributed by atoms with Crippen molar-refractivity contribution in [2.75, 3.05) is 25.1 Å². The van der Waals surface area contributed by atoms with Crippen molar-refractivity contribution < 1.29 is 4.74 Å². The number of piperazine rings is 1. The van der Waals surface area contributed by atoms with Crippen LogP contribution in [0.25, 0.3) is 0 Å². The zero-order chi connectivity index (χ0) is 15.4. The topological polar surface area (TPSA) is 24.5 Å². The van der Waals surface area contributed by atoms with Gasteiger partial charge in [0, 0.05) is 30.9 Å². The lowest BCUT2D eigenvalue weighted by Gasteiger charge is -2.43. The number of anilines is 1. The van der Waals surface area contributed by atoms with Gasteiger partial charge >= 0.3 is 0 Å². The Morgan fingerprint density at radius 3 is 2.71 bits per heavy atom. The number of nitrogens with zero attached hydrogens (tertiary/aromatic N) is 1. The van der Waals surface area contributed by atoms with Crippen molar-refractivity contribution in [1.82, 2.24) is 5.32 Å². The third-order valence-corrected chi connectivity index (χ3v) is 4.96. The zero-order valence-electron chi connectivity index (χ0n) is 14.1. The molecule has 118 valence electrons. The highest BCUT2D eigenvalue weighted by molar-refractivity contribution is 5.54. The molecular formula is C18H30N2O. The SMILES string of the molecule is CCC(C)C1CN(c2ccc(OC)c(C)c2)C(CC)CN1. The molecular weight excluding hydrogens is 260 g/mol. The van der Waals surface area contributed by atoms with Crippen molar-refractivity contribution in [3.63, 3.8) is 0 Å². The van der Waals surface area contributed by atoms with E-state index >= 15 is 0 Å². The minimum atomic E-state index is 0.582. The van der Waals surface area contributed by atoms with Gasteiger partial charge in [-0.1, -0.05) is 27.2 Å². The highest BCUT2D eigenvalue weighted by atomic mass is 16.5. The maximum atomic E-state index is 5.39. The molecule has 3 nitrogen and oxygen atoms in total. The van der Waals surface area contributed by atoms with Crippen LogP contribution >= 0.6 is 0 Å². The first-order chi connectivity index (χ1) is 10.1. The molecule has 1 fully saturated rings. The average molecular weight is 290 g/mol. The van der Waals surface area contributed by atoms with Gasteiger partial charge in [-0.05, 0) is 43.0 Å². The molecule has 1 heterocycles. The Hall–Kier alpha value is -1.22. The first-order valence-corrected chi connectivity index (χ1v) is 8.25. The minimum Gasteiger partial charge on any atom is -0.496 e. The number of rotatable bonds is 5. The fraction of sp³-hybridized carbons (Fsp3) is 0.667. The van der Waals surface area contributed by atoms with E-state index in [9.17, 15) is 0 Å². The Balaban J connectivity index is 2.22. The Bertz CT molecular complexity index is 461. The summed E-state index contributed by atoms with van der Waals surface area (Å²) in [4.78, 5) is 2.58. The van der Waals surface area contributed by atoms with Gasteiger partial charge in [0.05, 0.1) is 7.11 Å². The van der Waals surface area contributed by atoms with Crippen LogP contribution in [-0.4, -0.2) is 32.3 Å². The number of benzene rings is 1. The lowest BCUT2D eigenvalue weighted by Crippen LogP contribution is -2.58. The monoisotopic (exact) mass is 290 g/mol. The van der Waals surface area contributed by atoms with Gasteiger partial charge in [0.1, 0.15) is 5.75 Å². The van der Waals surface area contributed by atoms with Crippen molar-refractivity contribution in [3.05, 3.63) is 23.8 Å². The number of nitrogens with one attached hydrogen (secondary N) is 1. The van der Waals surface area contributed by atoms with Gasteiger partial charge in [0.2, 0.25) is 0 Å². The van der Waals surface area contributed by atoms with Crippen molar-refractivity contribution >= 4 is 5.69 Å². The van der Waals surface area contributed by atoms with Gasteiger partial charge in [0.15, 0.2) is 0 Å². The fourth-order valence-corrected chi connectivity index (χ4v) is 3.21. The maximum absolute atomic E-state index is 5.39. The van der Waals surface area contributed by atoms with E-state index in [1.165, 1.54) is 24.1 Å². The largest absolute Gasteiger partial charge is 0.496 e. The maximum Gasteiger partial charge on any atom is 0.121 e. The van der Waals surface area contributed by atoms with Crippen LogP contribution in [0.3, 0.4) is 0 Å². The third-order valence-electron chi connectivity index (χ3n) is 4.96. The molecule has 3 atom stereocenters. The molecule has 0 saturated carbocycles. The molecule has 3 heteroatoms. The van der Waals surface area contributed by atoms with Crippen LogP contribution in [0.2, 0.25) is 0 Å². The van der Waals surface area contributed by atoms with Crippen LogP contribution in [0.1, 0.15) is 39.2 Å². The molecule has 0 aliphatic carbocycles. The van der Waals surface area contributed by atoms with Gasteiger partial charge in [-0.15, -0.1) is 0 Å². The summed E-state index contributed by atoms with van der Waals surface area (Å²) >= 11 is 0. The Morgan fingerprint density at radius 1 is 1.38 bits per heavy atom. The van der Waals surface area contributed by atoms with Crippen LogP contribution in [0, 0.1) is 12.8 Å². The molecule has 2 rings (SSSR count). The number of hydrogen-bond acceptors (Lipinski definition) is 3. The van der Waals surface area contributed by atoms with Crippen molar-refractivity contribution in [2.45, 2.75) is 52.6 Å². The van der Waals surface area contributed by atoms with E-state index in [0.29, 0.717) is 18.0 Å². The summed E-state index contributed by atoms with van der Waals surface area (Å²) in [5, 5.41) is 3.74. The minimum absolute atomic E-state index is 0.582. The zero-order valence-corrected chi connectivity index (χ0v) is 14.1. The second kappa shape index (κ2) is 7.17. The fourth-order valence-electron chi connectivity index (χ4n) is 3.21. The standard InChI is InChI=1S/C18H30N2O/c1-6-13(3)17-12-20(15(7-2)11-19-17)16-8-9-18(21-5)14(4)10-16/h8-10,13,15,17,19H,6-7,11-12H2,1-5H3. The van der Waals surface area contributed by atoms with Crippen LogP contribution < -0.4 is 15.0 Å². The molecule has 0 spiro atoms. The van der Waals surface area contributed by atoms with Crippen molar-refractivity contribution in [3.8, 4) is 5.75 Å². The summed E-state index contributed by atoms with van der Waals surface area (Å²) in [6.07, 6.45) is 2.40. The summed E-state index contributed by atoms with van der Waals surface area (Å²) in [5.74, 6) is 1.69. The lowest BCUT2D eigenvalue weighted by molar-refractivity contribution is 0.306. The van der Waals surface area contributed by atoms with Gasteiger partial charge in [-0.25, -0.2) is 0 Å². The summed E-state index contributed by atoms with van der Waals surface area (Å²) in [7, 11) is 1.74. The van der Waals surface area contributed by atoms with Gasteiger partial charge < -0.3 is 15.0 Å². The molecule has 1 N–H and O–H groups in total. The summed E-state index contributed by atoms with van der Waals surface area (Å²) in [6, 6.07) is 7.73. The molecule has 0 aromatic heterocycles. The van der Waals surface area contributed by atoms with Crippen LogP contribution in [0.15, 0.2) is 18.2 Å². The summed E-state index contributed by atoms with van der Waals surface area (Å²) in [6.45, 7) is 11.2. The van der Waals surface area contributed by atoms with E-state index in [1.807, 2.05) is 0 Å². The van der Waals surface area contributed by atoms with E-state index in [2.05, 4.69) is 56.1 Å². The number of hydrogen-bond donors (Lipinski definition) is 1. The predicted molar refractivity (Wildman–Crippen MR) is 90.4 cm³/mol. The Kier molecular flexibility index (Phi) is 5.51. The molecule has 1 aliphatic rings. The molecule has 0 radical (unpaired) electrons. The van der Waals surface area contributed by atoms with E-state index < -0.39 is 0 Å². The molecule has 0 amide bonds. The van der Waals surface area contributed by atoms with E-state index in [1.54, 1.807) is 7.11 Å². The second-order valence-electron chi connectivity index (χ2n) is 6.27. The first-order valence-electron chi connectivity index (χ1n) is 8.25. The predicted octanol–water partition coefficient (Wildman–Crippen LogP) is 3.61. The molecule has 3 unspecified atom stereocenters. The number of methoxy groups -OCH3 is 1. The van der Waals surface area contributed by atoms with Crippen LogP contribution in [0.4, 0.5) is 5.69 Å². The molecule has 1 aromatic rings. The van der Waals surface area contributed by atoms with E-state index in [-0.39, 0.29) is 0 Å². The normalized spacial score (nSPS) is 24.0. The van der Waals surface area contributed by atoms with Gasteiger partial charge in [-0.3, -0.25) is 0 Å². The Labute approximate surface area is 129 Å². The average Bonchev–Trinajstić information content (AvgIpc) is 2.53. The second-order valence-corrected chi connectivity index (χ2v) is 6.27. The molecule has 0 bridgehead atoms. The first kappa shape index (κ1) is 16.2. The van der Waals surface area contributed by atoms with Gasteiger partial charge in [-0.2, -0.15) is 0 Å². The Morgan fingerprint density at radius 2 is 2.14 bits per heavy atom. The summed E-state index contributed by atoms with van der Waals surface area (Å²) in [5.41, 5.74) is 2.54. The highest BCUT2D eigenvalue weighted by Crippen LogP contribution is 2.28. The molecule has 1 aliphatic heterocycles. The van der Waals surface area contributed by atoms with Gasteiger partial charge in [0.25, 0.3) is 0 Å².